The number of hydrogen-bond acceptors (Lipinski definition) is 6. The van der Waals surface area contributed by atoms with Gasteiger partial charge in [0.05, 0.1) is 13.7 Å². The van der Waals surface area contributed by atoms with Gasteiger partial charge in [-0.2, -0.15) is 4.72 Å². The van der Waals surface area contributed by atoms with E-state index in [0.29, 0.717) is 18.1 Å². The molecule has 1 atom stereocenters. The normalized spacial score (nSPS) is 12.6. The maximum absolute atomic E-state index is 12.6. The van der Waals surface area contributed by atoms with Gasteiger partial charge in [-0.25, -0.2) is 8.42 Å². The summed E-state index contributed by atoms with van der Waals surface area (Å²) >= 11 is 1.11. The van der Waals surface area contributed by atoms with Gasteiger partial charge >= 0.3 is 0 Å². The maximum atomic E-state index is 12.6. The number of carbonyl (C=O) groups excluding carboxylic acids is 1. The number of sulfonamides is 1. The van der Waals surface area contributed by atoms with Crippen LogP contribution in [0.3, 0.4) is 0 Å². The van der Waals surface area contributed by atoms with Gasteiger partial charge in [0.25, 0.3) is 10.0 Å². The van der Waals surface area contributed by atoms with Crippen molar-refractivity contribution < 1.29 is 22.7 Å². The Labute approximate surface area is 170 Å². The summed E-state index contributed by atoms with van der Waals surface area (Å²) in [6.45, 7) is 6.20. The lowest BCUT2D eigenvalue weighted by Gasteiger charge is -2.21. The van der Waals surface area contributed by atoms with Crippen LogP contribution in [0.25, 0.3) is 0 Å². The van der Waals surface area contributed by atoms with Crippen LogP contribution in [0.5, 0.6) is 11.5 Å². The molecule has 2 N–H and O–H groups in total. The van der Waals surface area contributed by atoms with Crippen LogP contribution in [-0.4, -0.2) is 34.1 Å². The largest absolute Gasteiger partial charge is 0.493 e. The van der Waals surface area contributed by atoms with Gasteiger partial charge in [0, 0.05) is 6.54 Å². The third-order valence-corrected chi connectivity index (χ3v) is 6.82. The molecule has 154 valence electrons. The average molecular weight is 427 g/mol. The van der Waals surface area contributed by atoms with E-state index in [2.05, 4.69) is 10.0 Å². The minimum absolute atomic E-state index is 0.183. The minimum Gasteiger partial charge on any atom is -0.493 e. The van der Waals surface area contributed by atoms with E-state index in [1.807, 2.05) is 13.0 Å². The first-order valence-electron chi connectivity index (χ1n) is 8.91. The number of carbonyl (C=O) groups is 1. The van der Waals surface area contributed by atoms with Crippen molar-refractivity contribution in [3.8, 4) is 11.5 Å². The molecular formula is C19H26N2O5S2. The lowest BCUT2D eigenvalue weighted by atomic mass is 10.0. The smallest absolute Gasteiger partial charge is 0.250 e. The molecule has 1 heterocycles. The Kier molecular flexibility index (Phi) is 7.85. The summed E-state index contributed by atoms with van der Waals surface area (Å²) in [6.07, 6.45) is 0. The van der Waals surface area contributed by atoms with E-state index in [0.717, 1.165) is 16.9 Å². The van der Waals surface area contributed by atoms with E-state index >= 15 is 0 Å². The number of amides is 1. The first-order valence-corrected chi connectivity index (χ1v) is 11.3. The van der Waals surface area contributed by atoms with E-state index in [-0.39, 0.29) is 22.6 Å². The van der Waals surface area contributed by atoms with Gasteiger partial charge in [-0.3, -0.25) is 4.79 Å². The molecule has 0 fully saturated rings. The van der Waals surface area contributed by atoms with Crippen LogP contribution < -0.4 is 19.5 Å². The zero-order valence-electron chi connectivity index (χ0n) is 16.4. The van der Waals surface area contributed by atoms with E-state index in [1.54, 1.807) is 44.5 Å². The van der Waals surface area contributed by atoms with Gasteiger partial charge in [-0.1, -0.05) is 26.0 Å². The summed E-state index contributed by atoms with van der Waals surface area (Å²) in [4.78, 5) is 12.6. The predicted molar refractivity (Wildman–Crippen MR) is 109 cm³/mol. The Morgan fingerprint density at radius 3 is 2.54 bits per heavy atom. The number of rotatable bonds is 10. The van der Waals surface area contributed by atoms with E-state index in [1.165, 1.54) is 6.07 Å². The summed E-state index contributed by atoms with van der Waals surface area (Å²) in [5.41, 5.74) is 0.821. The zero-order valence-corrected chi connectivity index (χ0v) is 18.0. The van der Waals surface area contributed by atoms with Crippen molar-refractivity contribution in [2.75, 3.05) is 13.7 Å². The second kappa shape index (κ2) is 9.90. The Hall–Kier alpha value is -2.10. The molecule has 0 radical (unpaired) electrons. The number of methoxy groups -OCH3 is 1. The third kappa shape index (κ3) is 5.70. The molecule has 0 saturated carbocycles. The highest BCUT2D eigenvalue weighted by Gasteiger charge is 2.28. The quantitative estimate of drug-likeness (QED) is 0.609. The van der Waals surface area contributed by atoms with Crippen LogP contribution in [0.2, 0.25) is 0 Å². The molecule has 0 spiro atoms. The lowest BCUT2D eigenvalue weighted by Crippen LogP contribution is -2.49. The Morgan fingerprint density at radius 2 is 1.96 bits per heavy atom. The van der Waals surface area contributed by atoms with Crippen LogP contribution >= 0.6 is 11.3 Å². The number of nitrogens with one attached hydrogen (secondary N) is 2. The van der Waals surface area contributed by atoms with E-state index < -0.39 is 16.1 Å². The molecule has 0 aliphatic heterocycles. The number of ether oxygens (including phenoxy) is 2. The van der Waals surface area contributed by atoms with Crippen LogP contribution in [0.15, 0.2) is 39.9 Å². The monoisotopic (exact) mass is 426 g/mol. The van der Waals surface area contributed by atoms with E-state index in [9.17, 15) is 13.2 Å². The van der Waals surface area contributed by atoms with Crippen molar-refractivity contribution in [3.05, 3.63) is 41.3 Å². The summed E-state index contributed by atoms with van der Waals surface area (Å²) < 4.78 is 38.4. The molecule has 0 unspecified atom stereocenters. The van der Waals surface area contributed by atoms with Crippen molar-refractivity contribution in [2.45, 2.75) is 37.6 Å². The number of hydrogen-bond donors (Lipinski definition) is 2. The summed E-state index contributed by atoms with van der Waals surface area (Å²) in [7, 11) is -2.18. The molecular weight excluding hydrogens is 400 g/mol. The van der Waals surface area contributed by atoms with Crippen molar-refractivity contribution in [3.63, 3.8) is 0 Å². The van der Waals surface area contributed by atoms with Crippen molar-refractivity contribution in [2.24, 2.45) is 5.92 Å². The molecule has 0 aliphatic carbocycles. The molecule has 0 aliphatic rings. The van der Waals surface area contributed by atoms with Crippen molar-refractivity contribution >= 4 is 27.3 Å². The molecule has 2 rings (SSSR count). The predicted octanol–water partition coefficient (Wildman–Crippen LogP) is 2.77. The molecule has 0 saturated heterocycles. The number of thiophene rings is 1. The molecule has 1 amide bonds. The fourth-order valence-electron chi connectivity index (χ4n) is 2.53. The van der Waals surface area contributed by atoms with Crippen LogP contribution in [-0.2, 0) is 21.4 Å². The number of benzene rings is 1. The van der Waals surface area contributed by atoms with Gasteiger partial charge in [-0.05, 0) is 42.0 Å². The standard InChI is InChI=1S/C19H26N2O5S2/c1-5-26-16-11-14(8-9-15(16)25-4)12-20-19(22)18(13(2)3)21-28(23,24)17-7-6-10-27-17/h6-11,13,18,21H,5,12H2,1-4H3,(H,20,22)/t18-/m0/s1. The Morgan fingerprint density at radius 1 is 1.21 bits per heavy atom. The average Bonchev–Trinajstić information content (AvgIpc) is 3.20. The first kappa shape index (κ1) is 22.2. The molecule has 2 aromatic rings. The highest BCUT2D eigenvalue weighted by Crippen LogP contribution is 2.28. The topological polar surface area (TPSA) is 93.7 Å². The van der Waals surface area contributed by atoms with Gasteiger partial charge < -0.3 is 14.8 Å². The first-order chi connectivity index (χ1) is 13.3. The zero-order chi connectivity index (χ0) is 20.7. The van der Waals surface area contributed by atoms with Crippen LogP contribution in [0.1, 0.15) is 26.3 Å². The highest BCUT2D eigenvalue weighted by atomic mass is 32.2. The lowest BCUT2D eigenvalue weighted by molar-refractivity contribution is -0.123. The highest BCUT2D eigenvalue weighted by molar-refractivity contribution is 7.91. The SMILES string of the molecule is CCOc1cc(CNC(=O)[C@@H](NS(=O)(=O)c2cccs2)C(C)C)ccc1OC. The molecule has 1 aromatic heterocycles. The van der Waals surface area contributed by atoms with Crippen molar-refractivity contribution in [1.82, 2.24) is 10.0 Å². The molecule has 0 bridgehead atoms. The molecule has 9 heteroatoms. The van der Waals surface area contributed by atoms with Crippen LogP contribution in [0, 0.1) is 5.92 Å². The molecule has 7 nitrogen and oxygen atoms in total. The maximum Gasteiger partial charge on any atom is 0.250 e. The van der Waals surface area contributed by atoms with Crippen LogP contribution in [0.4, 0.5) is 0 Å². The molecule has 1 aromatic carbocycles. The Balaban J connectivity index is 2.08. The fourth-order valence-corrected chi connectivity index (χ4v) is 4.89. The third-order valence-electron chi connectivity index (χ3n) is 3.99. The van der Waals surface area contributed by atoms with E-state index in [4.69, 9.17) is 9.47 Å². The van der Waals surface area contributed by atoms with Crippen molar-refractivity contribution in [1.29, 1.82) is 0 Å². The van der Waals surface area contributed by atoms with Gasteiger partial charge in [-0.15, -0.1) is 11.3 Å². The summed E-state index contributed by atoms with van der Waals surface area (Å²) in [5, 5.41) is 4.48. The minimum atomic E-state index is -3.74. The second-order valence-corrected chi connectivity index (χ2v) is 9.30. The molecule has 28 heavy (non-hydrogen) atoms. The summed E-state index contributed by atoms with van der Waals surface area (Å²) in [6, 6.07) is 7.67. The summed E-state index contributed by atoms with van der Waals surface area (Å²) in [5.74, 6) is 0.602. The van der Waals surface area contributed by atoms with Gasteiger partial charge in [0.1, 0.15) is 10.3 Å². The fraction of sp³-hybridized carbons (Fsp3) is 0.421. The second-order valence-electron chi connectivity index (χ2n) is 6.41. The van der Waals surface area contributed by atoms with Gasteiger partial charge in [0.15, 0.2) is 11.5 Å². The Bertz CT molecular complexity index is 880. The van der Waals surface area contributed by atoms with Gasteiger partial charge in [0.2, 0.25) is 5.91 Å².